The van der Waals surface area contributed by atoms with Crippen LogP contribution in [0.3, 0.4) is 0 Å². The van der Waals surface area contributed by atoms with Gasteiger partial charge in [0.15, 0.2) is 5.78 Å². The van der Waals surface area contributed by atoms with E-state index >= 15 is 0 Å². The van der Waals surface area contributed by atoms with Gasteiger partial charge in [-0.05, 0) is 40.3 Å². The number of hydrogen-bond donors (Lipinski definition) is 2. The summed E-state index contributed by atoms with van der Waals surface area (Å²) in [5, 5.41) is 0. The normalized spacial score (nSPS) is 18.8. The lowest BCUT2D eigenvalue weighted by atomic mass is 9.79. The Bertz CT molecular complexity index is 608. The van der Waals surface area contributed by atoms with Gasteiger partial charge >= 0.3 is 0 Å². The van der Waals surface area contributed by atoms with Gasteiger partial charge in [0.2, 0.25) is 5.91 Å². The third kappa shape index (κ3) is 3.97. The number of nitrogens with one attached hydrogen (secondary N) is 2. The maximum absolute atomic E-state index is 12.2. The molecular formula is C17H21BrN2O2. The third-order valence-corrected chi connectivity index (χ3v) is 4.75. The molecule has 1 aromatic rings. The predicted octanol–water partition coefficient (Wildman–Crippen LogP) is 3.41. The molecule has 0 saturated heterocycles. The van der Waals surface area contributed by atoms with E-state index in [-0.39, 0.29) is 23.0 Å². The average Bonchev–Trinajstić information content (AvgIpc) is 2.48. The van der Waals surface area contributed by atoms with Crippen molar-refractivity contribution in [2.75, 3.05) is 0 Å². The van der Waals surface area contributed by atoms with Crippen LogP contribution in [-0.4, -0.2) is 11.7 Å². The molecule has 0 aromatic heterocycles. The molecule has 0 radical (unpaired) electrons. The SMILES string of the molecule is CC(C(=O)NNC1=C(Br)C(=O)CC(C)(C)C1)c1ccccc1. The Labute approximate surface area is 139 Å². The number of carbonyl (C=O) groups excluding carboxylic acids is 2. The van der Waals surface area contributed by atoms with Crippen LogP contribution in [-0.2, 0) is 9.59 Å². The maximum atomic E-state index is 12.2. The summed E-state index contributed by atoms with van der Waals surface area (Å²) in [6.45, 7) is 5.94. The van der Waals surface area contributed by atoms with Crippen molar-refractivity contribution in [2.45, 2.75) is 39.5 Å². The van der Waals surface area contributed by atoms with Gasteiger partial charge in [-0.25, -0.2) is 0 Å². The number of Topliss-reactive ketones (excluding diaryl/α,β-unsaturated/α-hetero) is 1. The Hall–Kier alpha value is -1.62. The molecule has 2 rings (SSSR count). The van der Waals surface area contributed by atoms with Crippen LogP contribution in [0, 0.1) is 5.41 Å². The van der Waals surface area contributed by atoms with E-state index in [1.807, 2.05) is 51.1 Å². The molecule has 4 nitrogen and oxygen atoms in total. The Morgan fingerprint density at radius 2 is 1.86 bits per heavy atom. The number of allylic oxidation sites excluding steroid dienone is 2. The first kappa shape index (κ1) is 16.7. The molecule has 0 aliphatic heterocycles. The lowest BCUT2D eigenvalue weighted by molar-refractivity contribution is -0.123. The topological polar surface area (TPSA) is 58.2 Å². The summed E-state index contributed by atoms with van der Waals surface area (Å²) in [5.74, 6) is -0.334. The Morgan fingerprint density at radius 3 is 2.50 bits per heavy atom. The van der Waals surface area contributed by atoms with Crippen molar-refractivity contribution in [3.8, 4) is 0 Å². The zero-order valence-corrected chi connectivity index (χ0v) is 14.7. The molecule has 22 heavy (non-hydrogen) atoms. The van der Waals surface area contributed by atoms with E-state index in [2.05, 4.69) is 26.8 Å². The van der Waals surface area contributed by atoms with Gasteiger partial charge < -0.3 is 5.43 Å². The molecule has 1 atom stereocenters. The zero-order chi connectivity index (χ0) is 16.3. The first-order valence-electron chi connectivity index (χ1n) is 7.33. The fourth-order valence-corrected chi connectivity index (χ4v) is 2.92. The highest BCUT2D eigenvalue weighted by Gasteiger charge is 2.32. The molecule has 0 heterocycles. The van der Waals surface area contributed by atoms with Crippen LogP contribution in [0.5, 0.6) is 0 Å². The molecule has 0 saturated carbocycles. The molecule has 1 aliphatic rings. The van der Waals surface area contributed by atoms with Crippen molar-refractivity contribution in [1.82, 2.24) is 10.9 Å². The molecule has 1 unspecified atom stereocenters. The number of halogens is 1. The molecule has 1 amide bonds. The number of ketones is 1. The van der Waals surface area contributed by atoms with Crippen LogP contribution < -0.4 is 10.9 Å². The van der Waals surface area contributed by atoms with E-state index in [1.165, 1.54) is 0 Å². The first-order chi connectivity index (χ1) is 10.3. The highest BCUT2D eigenvalue weighted by Crippen LogP contribution is 2.37. The fourth-order valence-electron chi connectivity index (χ4n) is 2.54. The largest absolute Gasteiger partial charge is 0.301 e. The van der Waals surface area contributed by atoms with Gasteiger partial charge in [-0.3, -0.25) is 15.0 Å². The van der Waals surface area contributed by atoms with Gasteiger partial charge in [0, 0.05) is 12.1 Å². The minimum atomic E-state index is -0.264. The van der Waals surface area contributed by atoms with Gasteiger partial charge in [0.25, 0.3) is 0 Å². The quantitative estimate of drug-likeness (QED) is 0.804. The van der Waals surface area contributed by atoms with E-state index in [1.54, 1.807) is 0 Å². The number of hydrazine groups is 1. The minimum absolute atomic E-state index is 0.0594. The number of carbonyl (C=O) groups is 2. The number of amides is 1. The smallest absolute Gasteiger partial charge is 0.245 e. The van der Waals surface area contributed by atoms with Crippen LogP contribution in [0.2, 0.25) is 0 Å². The monoisotopic (exact) mass is 364 g/mol. The summed E-state index contributed by atoms with van der Waals surface area (Å²) in [6.07, 6.45) is 1.21. The second kappa shape index (κ2) is 6.65. The summed E-state index contributed by atoms with van der Waals surface area (Å²) >= 11 is 3.32. The van der Waals surface area contributed by atoms with Crippen LogP contribution in [0.4, 0.5) is 0 Å². The van der Waals surface area contributed by atoms with Crippen molar-refractivity contribution in [1.29, 1.82) is 0 Å². The molecule has 118 valence electrons. The molecule has 5 heteroatoms. The van der Waals surface area contributed by atoms with E-state index in [4.69, 9.17) is 0 Å². The van der Waals surface area contributed by atoms with Gasteiger partial charge in [-0.1, -0.05) is 44.2 Å². The summed E-state index contributed by atoms with van der Waals surface area (Å²) in [7, 11) is 0. The highest BCUT2D eigenvalue weighted by atomic mass is 79.9. The van der Waals surface area contributed by atoms with Crippen LogP contribution >= 0.6 is 15.9 Å². The van der Waals surface area contributed by atoms with E-state index in [9.17, 15) is 9.59 Å². The second-order valence-corrected chi connectivity index (χ2v) is 7.27. The number of benzene rings is 1. The fraction of sp³-hybridized carbons (Fsp3) is 0.412. The predicted molar refractivity (Wildman–Crippen MR) is 90.1 cm³/mol. The maximum Gasteiger partial charge on any atom is 0.245 e. The molecule has 1 aliphatic carbocycles. The van der Waals surface area contributed by atoms with Crippen molar-refractivity contribution in [2.24, 2.45) is 5.41 Å². The Balaban J connectivity index is 2.02. The average molecular weight is 365 g/mol. The summed E-state index contributed by atoms with van der Waals surface area (Å²) < 4.78 is 0.527. The van der Waals surface area contributed by atoms with Gasteiger partial charge in [0.05, 0.1) is 10.4 Å². The summed E-state index contributed by atoms with van der Waals surface area (Å²) in [4.78, 5) is 24.2. The van der Waals surface area contributed by atoms with E-state index in [0.29, 0.717) is 17.3 Å². The molecule has 0 bridgehead atoms. The van der Waals surface area contributed by atoms with Crippen molar-refractivity contribution < 1.29 is 9.59 Å². The van der Waals surface area contributed by atoms with Crippen LogP contribution in [0.15, 0.2) is 40.5 Å². The summed E-state index contributed by atoms with van der Waals surface area (Å²) in [5.41, 5.74) is 7.21. The van der Waals surface area contributed by atoms with Crippen molar-refractivity contribution in [3.05, 3.63) is 46.1 Å². The van der Waals surface area contributed by atoms with Crippen molar-refractivity contribution in [3.63, 3.8) is 0 Å². The Morgan fingerprint density at radius 1 is 1.23 bits per heavy atom. The van der Waals surface area contributed by atoms with E-state index in [0.717, 1.165) is 11.3 Å². The lowest BCUT2D eigenvalue weighted by Crippen LogP contribution is -2.42. The zero-order valence-electron chi connectivity index (χ0n) is 13.1. The Kier molecular flexibility index (Phi) is 5.06. The minimum Gasteiger partial charge on any atom is -0.301 e. The van der Waals surface area contributed by atoms with Crippen molar-refractivity contribution >= 4 is 27.6 Å². The molecule has 2 N–H and O–H groups in total. The highest BCUT2D eigenvalue weighted by molar-refractivity contribution is 9.12. The molecular weight excluding hydrogens is 344 g/mol. The first-order valence-corrected chi connectivity index (χ1v) is 8.12. The van der Waals surface area contributed by atoms with Gasteiger partial charge in [0.1, 0.15) is 0 Å². The third-order valence-electron chi connectivity index (χ3n) is 3.83. The van der Waals surface area contributed by atoms with Gasteiger partial charge in [-0.2, -0.15) is 0 Å². The molecule has 1 aromatic carbocycles. The second-order valence-electron chi connectivity index (χ2n) is 6.48. The lowest BCUT2D eigenvalue weighted by Gasteiger charge is -2.31. The summed E-state index contributed by atoms with van der Waals surface area (Å²) in [6, 6.07) is 9.59. The number of rotatable bonds is 4. The molecule has 0 fully saturated rings. The standard InChI is InChI=1S/C17H21BrN2O2/c1-11(12-7-5-4-6-8-12)16(22)20-19-13-9-17(2,3)10-14(21)15(13)18/h4-8,11,19H,9-10H2,1-3H3,(H,20,22). The van der Waals surface area contributed by atoms with Crippen LogP contribution in [0.25, 0.3) is 0 Å². The van der Waals surface area contributed by atoms with Crippen LogP contribution in [0.1, 0.15) is 45.1 Å². The number of hydrogen-bond acceptors (Lipinski definition) is 3. The van der Waals surface area contributed by atoms with Gasteiger partial charge in [-0.15, -0.1) is 0 Å². The molecule has 0 spiro atoms. The van der Waals surface area contributed by atoms with E-state index < -0.39 is 0 Å².